The molecule has 1 unspecified atom stereocenters. The van der Waals surface area contributed by atoms with Gasteiger partial charge in [-0.2, -0.15) is 0 Å². The quantitative estimate of drug-likeness (QED) is 0.687. The van der Waals surface area contributed by atoms with Crippen LogP contribution in [0.15, 0.2) is 9.95 Å². The zero-order chi connectivity index (χ0) is 12.8. The summed E-state index contributed by atoms with van der Waals surface area (Å²) < 4.78 is 6.47. The number of H-pyrrole nitrogens is 1. The fraction of sp³-hybridized carbons (Fsp3) is 0.667. The standard InChI is InChI=1S/C9H15N3O4S/c1-3-6(4-16-2)12-8(15)10-11-9(12)17-5-7(13)14/h6H,3-5H2,1-2H3,(H,10,15)(H,13,14). The van der Waals surface area contributed by atoms with Crippen molar-refractivity contribution < 1.29 is 14.6 Å². The lowest BCUT2D eigenvalue weighted by molar-refractivity contribution is -0.133. The van der Waals surface area contributed by atoms with Gasteiger partial charge in [0, 0.05) is 7.11 Å². The summed E-state index contributed by atoms with van der Waals surface area (Å²) in [4.78, 5) is 22.1. The van der Waals surface area contributed by atoms with E-state index in [4.69, 9.17) is 9.84 Å². The number of aromatic amines is 1. The van der Waals surface area contributed by atoms with Gasteiger partial charge in [-0.3, -0.25) is 9.36 Å². The van der Waals surface area contributed by atoms with Crippen molar-refractivity contribution in [1.29, 1.82) is 0 Å². The predicted octanol–water partition coefficient (Wildman–Crippen LogP) is 0.346. The fourth-order valence-electron chi connectivity index (χ4n) is 1.41. The third-order valence-corrected chi connectivity index (χ3v) is 3.13. The Bertz CT molecular complexity index is 428. The third kappa shape index (κ3) is 3.60. The minimum Gasteiger partial charge on any atom is -0.481 e. The van der Waals surface area contributed by atoms with Gasteiger partial charge in [0.05, 0.1) is 18.4 Å². The molecule has 7 nitrogen and oxygen atoms in total. The Labute approximate surface area is 102 Å². The van der Waals surface area contributed by atoms with Crippen LogP contribution >= 0.6 is 11.8 Å². The Morgan fingerprint density at radius 1 is 1.71 bits per heavy atom. The first-order valence-corrected chi connectivity index (χ1v) is 6.09. The summed E-state index contributed by atoms with van der Waals surface area (Å²) in [6.07, 6.45) is 0.702. The van der Waals surface area contributed by atoms with E-state index >= 15 is 0 Å². The van der Waals surface area contributed by atoms with Crippen LogP contribution in [0.3, 0.4) is 0 Å². The predicted molar refractivity (Wildman–Crippen MR) is 62.4 cm³/mol. The molecule has 1 atom stereocenters. The number of hydrogen-bond acceptors (Lipinski definition) is 5. The summed E-state index contributed by atoms with van der Waals surface area (Å²) in [5.41, 5.74) is -0.346. The molecule has 0 radical (unpaired) electrons. The van der Waals surface area contributed by atoms with E-state index in [0.29, 0.717) is 18.2 Å². The van der Waals surface area contributed by atoms with Crippen molar-refractivity contribution in [1.82, 2.24) is 14.8 Å². The number of aliphatic carboxylic acids is 1. The van der Waals surface area contributed by atoms with Crippen LogP contribution in [-0.2, 0) is 9.53 Å². The van der Waals surface area contributed by atoms with Crippen molar-refractivity contribution in [3.63, 3.8) is 0 Å². The molecule has 1 heterocycles. The van der Waals surface area contributed by atoms with E-state index in [1.54, 1.807) is 7.11 Å². The monoisotopic (exact) mass is 261 g/mol. The minimum absolute atomic E-state index is 0.131. The maximum Gasteiger partial charge on any atom is 0.344 e. The van der Waals surface area contributed by atoms with Gasteiger partial charge < -0.3 is 9.84 Å². The van der Waals surface area contributed by atoms with E-state index in [1.807, 2.05) is 6.92 Å². The zero-order valence-corrected chi connectivity index (χ0v) is 10.5. The van der Waals surface area contributed by atoms with Crippen LogP contribution < -0.4 is 5.69 Å². The van der Waals surface area contributed by atoms with Gasteiger partial charge in [-0.1, -0.05) is 18.7 Å². The third-order valence-electron chi connectivity index (χ3n) is 2.19. The number of carbonyl (C=O) groups is 1. The topological polar surface area (TPSA) is 97.2 Å². The Morgan fingerprint density at radius 3 is 2.94 bits per heavy atom. The molecule has 8 heteroatoms. The molecule has 0 bridgehead atoms. The maximum atomic E-state index is 11.6. The average molecular weight is 261 g/mol. The molecule has 0 fully saturated rings. The number of aromatic nitrogens is 3. The molecule has 17 heavy (non-hydrogen) atoms. The Kier molecular flexibility index (Phi) is 5.23. The van der Waals surface area contributed by atoms with E-state index < -0.39 is 5.97 Å². The SMILES string of the molecule is CCC(COC)n1c(SCC(=O)O)n[nH]c1=O. The number of ether oxygens (including phenoxy) is 1. The van der Waals surface area contributed by atoms with Crippen molar-refractivity contribution >= 4 is 17.7 Å². The van der Waals surface area contributed by atoms with E-state index in [1.165, 1.54) is 4.57 Å². The largest absolute Gasteiger partial charge is 0.481 e. The second kappa shape index (κ2) is 6.45. The van der Waals surface area contributed by atoms with Gasteiger partial charge in [-0.25, -0.2) is 9.89 Å². The van der Waals surface area contributed by atoms with Gasteiger partial charge in [-0.15, -0.1) is 5.10 Å². The fourth-order valence-corrected chi connectivity index (χ4v) is 2.14. The maximum absolute atomic E-state index is 11.6. The Morgan fingerprint density at radius 2 is 2.41 bits per heavy atom. The van der Waals surface area contributed by atoms with Crippen molar-refractivity contribution in [2.75, 3.05) is 19.5 Å². The first-order valence-electron chi connectivity index (χ1n) is 5.10. The van der Waals surface area contributed by atoms with Gasteiger partial charge in [-0.05, 0) is 6.42 Å². The highest BCUT2D eigenvalue weighted by atomic mass is 32.2. The highest BCUT2D eigenvalue weighted by Crippen LogP contribution is 2.19. The molecular formula is C9H15N3O4S. The van der Waals surface area contributed by atoms with Crippen LogP contribution in [0.1, 0.15) is 19.4 Å². The molecule has 0 aromatic carbocycles. The molecule has 0 spiro atoms. The molecule has 1 rings (SSSR count). The molecule has 0 saturated carbocycles. The molecule has 0 amide bonds. The normalized spacial score (nSPS) is 12.6. The van der Waals surface area contributed by atoms with Crippen LogP contribution in [0.2, 0.25) is 0 Å². The summed E-state index contributed by atoms with van der Waals surface area (Å²) >= 11 is 1.01. The van der Waals surface area contributed by atoms with Crippen LogP contribution in [-0.4, -0.2) is 45.3 Å². The molecule has 0 saturated heterocycles. The number of methoxy groups -OCH3 is 1. The smallest absolute Gasteiger partial charge is 0.344 e. The molecule has 1 aromatic rings. The number of nitrogens with one attached hydrogen (secondary N) is 1. The van der Waals surface area contributed by atoms with E-state index in [-0.39, 0.29) is 17.5 Å². The lowest BCUT2D eigenvalue weighted by Gasteiger charge is -2.15. The Hall–Kier alpha value is -1.28. The van der Waals surface area contributed by atoms with Gasteiger partial charge >= 0.3 is 11.7 Å². The molecule has 96 valence electrons. The molecule has 0 aliphatic heterocycles. The minimum atomic E-state index is -0.947. The second-order valence-corrected chi connectivity index (χ2v) is 4.32. The van der Waals surface area contributed by atoms with Gasteiger partial charge in [0.1, 0.15) is 0 Å². The van der Waals surface area contributed by atoms with Gasteiger partial charge in [0.25, 0.3) is 0 Å². The first kappa shape index (κ1) is 13.8. The van der Waals surface area contributed by atoms with Crippen LogP contribution in [0.25, 0.3) is 0 Å². The molecule has 0 aliphatic carbocycles. The molecular weight excluding hydrogens is 246 g/mol. The molecule has 1 aromatic heterocycles. The van der Waals surface area contributed by atoms with Crippen LogP contribution in [0.4, 0.5) is 0 Å². The number of nitrogens with zero attached hydrogens (tertiary/aromatic N) is 2. The number of hydrogen-bond donors (Lipinski definition) is 2. The summed E-state index contributed by atoms with van der Waals surface area (Å²) in [6.45, 7) is 2.31. The van der Waals surface area contributed by atoms with Crippen molar-refractivity contribution in [3.05, 3.63) is 10.5 Å². The highest BCUT2D eigenvalue weighted by Gasteiger charge is 2.18. The van der Waals surface area contributed by atoms with E-state index in [0.717, 1.165) is 11.8 Å². The van der Waals surface area contributed by atoms with Gasteiger partial charge in [0.15, 0.2) is 5.16 Å². The van der Waals surface area contributed by atoms with E-state index in [2.05, 4.69) is 10.2 Å². The molecule has 0 aliphatic rings. The number of thioether (sulfide) groups is 1. The summed E-state index contributed by atoms with van der Waals surface area (Å²) in [5, 5.41) is 15.1. The second-order valence-electron chi connectivity index (χ2n) is 3.38. The zero-order valence-electron chi connectivity index (χ0n) is 9.67. The highest BCUT2D eigenvalue weighted by molar-refractivity contribution is 7.99. The Balaban J connectivity index is 2.91. The first-order chi connectivity index (χ1) is 8.10. The number of rotatable bonds is 7. The lowest BCUT2D eigenvalue weighted by atomic mass is 10.2. The van der Waals surface area contributed by atoms with Crippen molar-refractivity contribution in [2.24, 2.45) is 0 Å². The van der Waals surface area contributed by atoms with Crippen molar-refractivity contribution in [2.45, 2.75) is 24.5 Å². The number of carboxylic acids is 1. The summed E-state index contributed by atoms with van der Waals surface area (Å²) in [5.74, 6) is -1.08. The van der Waals surface area contributed by atoms with Crippen LogP contribution in [0, 0.1) is 0 Å². The van der Waals surface area contributed by atoms with Crippen molar-refractivity contribution in [3.8, 4) is 0 Å². The summed E-state index contributed by atoms with van der Waals surface area (Å²) in [6, 6.07) is -0.137. The molecule has 2 N–H and O–H groups in total. The lowest BCUT2D eigenvalue weighted by Crippen LogP contribution is -2.25. The van der Waals surface area contributed by atoms with E-state index in [9.17, 15) is 9.59 Å². The average Bonchev–Trinajstić information content (AvgIpc) is 2.65. The number of carboxylic acid groups (broad SMARTS) is 1. The van der Waals surface area contributed by atoms with Crippen LogP contribution in [0.5, 0.6) is 0 Å². The summed E-state index contributed by atoms with van der Waals surface area (Å²) in [7, 11) is 1.55. The van der Waals surface area contributed by atoms with Gasteiger partial charge in [0.2, 0.25) is 0 Å².